The van der Waals surface area contributed by atoms with Gasteiger partial charge in [0.25, 0.3) is 0 Å². The first-order chi connectivity index (χ1) is 8.24. The van der Waals surface area contributed by atoms with Crippen LogP contribution in [0.2, 0.25) is 0 Å². The summed E-state index contributed by atoms with van der Waals surface area (Å²) in [4.78, 5) is 12.8. The van der Waals surface area contributed by atoms with Crippen molar-refractivity contribution in [3.8, 4) is 0 Å². The summed E-state index contributed by atoms with van der Waals surface area (Å²) in [6.45, 7) is 2.79. The maximum Gasteiger partial charge on any atom is 0.221 e. The molecule has 2 heterocycles. The van der Waals surface area contributed by atoms with Gasteiger partial charge in [0.05, 0.1) is 19.8 Å². The minimum absolute atomic E-state index is 0. The molecule has 0 spiro atoms. The minimum Gasteiger partial charge on any atom is -0.378 e. The molecule has 0 radical (unpaired) electrons. The lowest BCUT2D eigenvalue weighted by molar-refractivity contribution is -0.122. The maximum atomic E-state index is 11.7. The van der Waals surface area contributed by atoms with Gasteiger partial charge in [-0.05, 0) is 22.0 Å². The molecular weight excluding hydrogens is 340 g/mol. The Balaban J connectivity index is 0.00000162. The number of carbonyl (C=O) groups is 1. The molecule has 7 heteroatoms. The molecule has 2 rings (SSSR count). The summed E-state index contributed by atoms with van der Waals surface area (Å²) in [5.74, 6) is 0.0672. The second kappa shape index (κ2) is 8.12. The van der Waals surface area contributed by atoms with Gasteiger partial charge in [-0.25, -0.2) is 0 Å². The molecule has 1 aromatic rings. The van der Waals surface area contributed by atoms with Gasteiger partial charge in [0.1, 0.15) is 0 Å². The number of hydrogen-bond donors (Lipinski definition) is 2. The highest BCUT2D eigenvalue weighted by Crippen LogP contribution is 2.19. The van der Waals surface area contributed by atoms with Crippen molar-refractivity contribution in [3.63, 3.8) is 0 Å². The standard InChI is InChI=1S/C11H15BrN2O2S.ClH/c12-8-3-10(17-7-8)5-14-11(15)4-9-6-16-2-1-13-9;/h3,7,9,13H,1-2,4-6H2,(H,14,15);1H. The summed E-state index contributed by atoms with van der Waals surface area (Å²) in [7, 11) is 0. The fraction of sp³-hybridized carbons (Fsp3) is 0.545. The molecule has 1 saturated heterocycles. The van der Waals surface area contributed by atoms with Crippen LogP contribution in [0, 0.1) is 0 Å². The molecule has 1 fully saturated rings. The van der Waals surface area contributed by atoms with E-state index in [4.69, 9.17) is 4.74 Å². The van der Waals surface area contributed by atoms with E-state index < -0.39 is 0 Å². The van der Waals surface area contributed by atoms with Gasteiger partial charge in [0.15, 0.2) is 0 Å². The quantitative estimate of drug-likeness (QED) is 0.868. The Labute approximate surface area is 125 Å². The van der Waals surface area contributed by atoms with Crippen LogP contribution in [-0.2, 0) is 16.1 Å². The summed E-state index contributed by atoms with van der Waals surface area (Å²) < 4.78 is 6.37. The van der Waals surface area contributed by atoms with Crippen molar-refractivity contribution in [2.24, 2.45) is 0 Å². The second-order valence-corrected chi connectivity index (χ2v) is 5.85. The molecule has 2 N–H and O–H groups in total. The topological polar surface area (TPSA) is 50.4 Å². The summed E-state index contributed by atoms with van der Waals surface area (Å²) in [6.07, 6.45) is 0.479. The number of morpholine rings is 1. The first-order valence-corrected chi connectivity index (χ1v) is 7.22. The van der Waals surface area contributed by atoms with Gasteiger partial charge in [0.2, 0.25) is 5.91 Å². The number of thiophene rings is 1. The number of halogens is 2. The van der Waals surface area contributed by atoms with Crippen LogP contribution in [-0.4, -0.2) is 31.7 Å². The zero-order chi connectivity index (χ0) is 12.1. The lowest BCUT2D eigenvalue weighted by Crippen LogP contribution is -2.44. The molecular formula is C11H16BrClN2O2S. The lowest BCUT2D eigenvalue weighted by atomic mass is 10.2. The van der Waals surface area contributed by atoms with E-state index in [1.807, 2.05) is 11.4 Å². The largest absolute Gasteiger partial charge is 0.378 e. The third-order valence-electron chi connectivity index (χ3n) is 2.51. The van der Waals surface area contributed by atoms with E-state index in [2.05, 4.69) is 26.6 Å². The molecule has 1 unspecified atom stereocenters. The molecule has 0 aliphatic carbocycles. The number of hydrogen-bond acceptors (Lipinski definition) is 4. The van der Waals surface area contributed by atoms with Crippen LogP contribution < -0.4 is 10.6 Å². The Morgan fingerprint density at radius 3 is 3.11 bits per heavy atom. The average Bonchev–Trinajstić information content (AvgIpc) is 2.74. The summed E-state index contributed by atoms with van der Waals surface area (Å²) in [6, 6.07) is 2.17. The lowest BCUT2D eigenvalue weighted by Gasteiger charge is -2.23. The molecule has 102 valence electrons. The number of amides is 1. The first-order valence-electron chi connectivity index (χ1n) is 5.55. The van der Waals surface area contributed by atoms with Crippen LogP contribution >= 0.6 is 39.7 Å². The molecule has 0 saturated carbocycles. The predicted octanol–water partition coefficient (Wildman–Crippen LogP) is 1.93. The number of ether oxygens (including phenoxy) is 1. The van der Waals surface area contributed by atoms with Crippen molar-refractivity contribution < 1.29 is 9.53 Å². The monoisotopic (exact) mass is 354 g/mol. The molecule has 0 aromatic carbocycles. The fourth-order valence-electron chi connectivity index (χ4n) is 1.68. The SMILES string of the molecule is Cl.O=C(CC1COCCN1)NCc1cc(Br)cs1. The van der Waals surface area contributed by atoms with Crippen LogP contribution in [0.3, 0.4) is 0 Å². The number of rotatable bonds is 4. The Hall–Kier alpha value is -0.140. The van der Waals surface area contributed by atoms with Crippen molar-refractivity contribution in [1.82, 2.24) is 10.6 Å². The van der Waals surface area contributed by atoms with Gasteiger partial charge in [-0.3, -0.25) is 4.79 Å². The van der Waals surface area contributed by atoms with E-state index in [9.17, 15) is 4.79 Å². The number of carbonyl (C=O) groups excluding carboxylic acids is 1. The van der Waals surface area contributed by atoms with E-state index in [1.165, 1.54) is 0 Å². The van der Waals surface area contributed by atoms with E-state index in [1.54, 1.807) is 11.3 Å². The van der Waals surface area contributed by atoms with Crippen LogP contribution in [0.25, 0.3) is 0 Å². The minimum atomic E-state index is 0. The highest BCUT2D eigenvalue weighted by Gasteiger charge is 2.16. The van der Waals surface area contributed by atoms with E-state index in [0.29, 0.717) is 19.6 Å². The molecule has 1 aliphatic rings. The smallest absolute Gasteiger partial charge is 0.221 e. The van der Waals surface area contributed by atoms with E-state index >= 15 is 0 Å². The van der Waals surface area contributed by atoms with E-state index in [0.717, 1.165) is 22.5 Å². The Morgan fingerprint density at radius 2 is 2.50 bits per heavy atom. The molecule has 18 heavy (non-hydrogen) atoms. The first kappa shape index (κ1) is 15.9. The van der Waals surface area contributed by atoms with Crippen LogP contribution in [0.15, 0.2) is 15.9 Å². The van der Waals surface area contributed by atoms with Crippen molar-refractivity contribution in [2.45, 2.75) is 19.0 Å². The van der Waals surface area contributed by atoms with Gasteiger partial charge in [-0.1, -0.05) is 0 Å². The third kappa shape index (κ3) is 5.24. The van der Waals surface area contributed by atoms with Gasteiger partial charge in [-0.15, -0.1) is 23.7 Å². The summed E-state index contributed by atoms with van der Waals surface area (Å²) in [5, 5.41) is 8.19. The van der Waals surface area contributed by atoms with Gasteiger partial charge in [-0.2, -0.15) is 0 Å². The van der Waals surface area contributed by atoms with Crippen molar-refractivity contribution >= 4 is 45.6 Å². The number of nitrogens with one attached hydrogen (secondary N) is 2. The Kier molecular flexibility index (Phi) is 7.18. The van der Waals surface area contributed by atoms with Gasteiger partial charge < -0.3 is 15.4 Å². The van der Waals surface area contributed by atoms with Crippen molar-refractivity contribution in [3.05, 3.63) is 20.8 Å². The second-order valence-electron chi connectivity index (χ2n) is 3.94. The fourth-order valence-corrected chi connectivity index (χ4v) is 3.07. The van der Waals surface area contributed by atoms with Crippen LogP contribution in [0.5, 0.6) is 0 Å². The molecule has 4 nitrogen and oxygen atoms in total. The normalized spacial score (nSPS) is 19.1. The summed E-state index contributed by atoms with van der Waals surface area (Å²) in [5.41, 5.74) is 0. The van der Waals surface area contributed by atoms with Gasteiger partial charge in [0, 0.05) is 33.7 Å². The van der Waals surface area contributed by atoms with Gasteiger partial charge >= 0.3 is 0 Å². The van der Waals surface area contributed by atoms with E-state index in [-0.39, 0.29) is 24.4 Å². The zero-order valence-corrected chi connectivity index (χ0v) is 13.0. The molecule has 1 atom stereocenters. The highest BCUT2D eigenvalue weighted by molar-refractivity contribution is 9.10. The van der Waals surface area contributed by atoms with Crippen LogP contribution in [0.4, 0.5) is 0 Å². The maximum absolute atomic E-state index is 11.7. The molecule has 1 aliphatic heterocycles. The van der Waals surface area contributed by atoms with Crippen molar-refractivity contribution in [2.75, 3.05) is 19.8 Å². The van der Waals surface area contributed by atoms with Crippen molar-refractivity contribution in [1.29, 1.82) is 0 Å². The molecule has 1 amide bonds. The zero-order valence-electron chi connectivity index (χ0n) is 9.78. The average molecular weight is 356 g/mol. The predicted molar refractivity (Wildman–Crippen MR) is 78.3 cm³/mol. The Morgan fingerprint density at radius 1 is 1.67 bits per heavy atom. The Bertz CT molecular complexity index is 383. The highest BCUT2D eigenvalue weighted by atomic mass is 79.9. The summed E-state index contributed by atoms with van der Waals surface area (Å²) >= 11 is 5.03. The molecule has 1 aromatic heterocycles. The molecule has 0 bridgehead atoms. The van der Waals surface area contributed by atoms with Crippen LogP contribution in [0.1, 0.15) is 11.3 Å². The third-order valence-corrected chi connectivity index (χ3v) is 4.21.